The maximum atomic E-state index is 4.29. The van der Waals surface area contributed by atoms with Crippen LogP contribution in [0.3, 0.4) is 0 Å². The third kappa shape index (κ3) is 2.83. The largest absolute Gasteiger partial charge is 0.307 e. The summed E-state index contributed by atoms with van der Waals surface area (Å²) in [7, 11) is 0. The van der Waals surface area contributed by atoms with E-state index in [-0.39, 0.29) is 0 Å². The number of thioether (sulfide) groups is 2. The molecule has 0 spiro atoms. The first-order chi connectivity index (χ1) is 10.3. The van der Waals surface area contributed by atoms with Crippen LogP contribution in [-0.4, -0.2) is 21.9 Å². The summed E-state index contributed by atoms with van der Waals surface area (Å²) in [6.07, 6.45) is 12.3. The molecule has 3 rings (SSSR count). The van der Waals surface area contributed by atoms with Gasteiger partial charge in [-0.15, -0.1) is 23.5 Å². The van der Waals surface area contributed by atoms with E-state index in [0.717, 1.165) is 12.8 Å². The van der Waals surface area contributed by atoms with Crippen molar-refractivity contribution in [2.24, 2.45) is 0 Å². The van der Waals surface area contributed by atoms with Gasteiger partial charge in [0.1, 0.15) is 0 Å². The molecule has 0 amide bonds. The number of nitrogens with zero attached hydrogens (tertiary/aromatic N) is 2. The predicted molar refractivity (Wildman–Crippen MR) is 92.6 cm³/mol. The highest BCUT2D eigenvalue weighted by Gasteiger charge is 2.16. The lowest BCUT2D eigenvalue weighted by Gasteiger charge is -2.05. The molecule has 0 bridgehead atoms. The first kappa shape index (κ1) is 14.5. The van der Waals surface area contributed by atoms with Crippen molar-refractivity contribution >= 4 is 29.0 Å². The molecule has 0 radical (unpaired) electrons. The second kappa shape index (κ2) is 6.58. The van der Waals surface area contributed by atoms with Crippen LogP contribution in [-0.2, 0) is 12.8 Å². The van der Waals surface area contributed by atoms with Crippen LogP contribution < -0.4 is 0 Å². The molecule has 4 heteroatoms. The van der Waals surface area contributed by atoms with E-state index in [1.54, 1.807) is 0 Å². The molecule has 0 aliphatic rings. The standard InChI is InChI=1S/C17H18N2S2/c1-20-16-14(9-8-13-6-4-3-5-7-13)17(21-2)19-11-10-18-12-15(16)19/h3-7,10-12H,8-9H2,1-2H3. The Morgan fingerprint density at radius 2 is 1.86 bits per heavy atom. The Labute approximate surface area is 134 Å². The Morgan fingerprint density at radius 3 is 2.57 bits per heavy atom. The lowest BCUT2D eigenvalue weighted by Crippen LogP contribution is -1.93. The molecule has 1 aromatic carbocycles. The molecule has 0 saturated heterocycles. The molecular formula is C17H18N2S2. The first-order valence-corrected chi connectivity index (χ1v) is 9.39. The first-order valence-electron chi connectivity index (χ1n) is 6.94. The summed E-state index contributed by atoms with van der Waals surface area (Å²) in [4.78, 5) is 5.65. The molecule has 0 saturated carbocycles. The summed E-state index contributed by atoms with van der Waals surface area (Å²) in [5, 5.41) is 1.34. The minimum atomic E-state index is 1.07. The maximum absolute atomic E-state index is 4.29. The molecule has 0 atom stereocenters. The Hall–Kier alpha value is -1.39. The average molecular weight is 314 g/mol. The lowest BCUT2D eigenvalue weighted by atomic mass is 10.1. The third-order valence-corrected chi connectivity index (χ3v) is 5.34. The molecule has 0 fully saturated rings. The Morgan fingerprint density at radius 1 is 1.05 bits per heavy atom. The van der Waals surface area contributed by atoms with E-state index in [2.05, 4.69) is 58.4 Å². The average Bonchev–Trinajstić information content (AvgIpc) is 2.86. The van der Waals surface area contributed by atoms with Gasteiger partial charge in [-0.1, -0.05) is 30.3 Å². The highest BCUT2D eigenvalue weighted by molar-refractivity contribution is 7.99. The van der Waals surface area contributed by atoms with Gasteiger partial charge in [0.2, 0.25) is 0 Å². The normalized spacial score (nSPS) is 11.1. The van der Waals surface area contributed by atoms with Crippen LogP contribution in [0.2, 0.25) is 0 Å². The van der Waals surface area contributed by atoms with Crippen LogP contribution >= 0.6 is 23.5 Å². The van der Waals surface area contributed by atoms with Crippen molar-refractivity contribution in [1.29, 1.82) is 0 Å². The Kier molecular flexibility index (Phi) is 4.56. The Balaban J connectivity index is 2.00. The summed E-state index contributed by atoms with van der Waals surface area (Å²) in [6.45, 7) is 0. The number of hydrogen-bond acceptors (Lipinski definition) is 3. The number of fused-ring (bicyclic) bond motifs is 1. The second-order valence-corrected chi connectivity index (χ2v) is 6.45. The van der Waals surface area contributed by atoms with E-state index >= 15 is 0 Å². The number of hydrogen-bond donors (Lipinski definition) is 0. The summed E-state index contributed by atoms with van der Waals surface area (Å²) < 4.78 is 2.27. The molecule has 3 aromatic rings. The van der Waals surface area contributed by atoms with Gasteiger partial charge in [-0.25, -0.2) is 0 Å². The molecule has 2 heterocycles. The fraction of sp³-hybridized carbons (Fsp3) is 0.235. The highest BCUT2D eigenvalue weighted by Crippen LogP contribution is 2.36. The Bertz CT molecular complexity index is 694. The molecular weight excluding hydrogens is 296 g/mol. The minimum absolute atomic E-state index is 1.07. The molecule has 2 nitrogen and oxygen atoms in total. The summed E-state index contributed by atoms with van der Waals surface area (Å²) in [5.41, 5.74) is 4.06. The minimum Gasteiger partial charge on any atom is -0.307 e. The molecule has 0 aliphatic carbocycles. The van der Waals surface area contributed by atoms with Gasteiger partial charge in [0.05, 0.1) is 16.7 Å². The fourth-order valence-corrected chi connectivity index (χ4v) is 4.36. The van der Waals surface area contributed by atoms with E-state index in [4.69, 9.17) is 0 Å². The van der Waals surface area contributed by atoms with Crippen LogP contribution in [0.5, 0.6) is 0 Å². The molecule has 21 heavy (non-hydrogen) atoms. The second-order valence-electron chi connectivity index (χ2n) is 4.84. The molecule has 0 N–H and O–H groups in total. The van der Waals surface area contributed by atoms with E-state index in [9.17, 15) is 0 Å². The van der Waals surface area contributed by atoms with Crippen LogP contribution in [0.1, 0.15) is 11.1 Å². The van der Waals surface area contributed by atoms with E-state index < -0.39 is 0 Å². The van der Waals surface area contributed by atoms with E-state index in [0.29, 0.717) is 0 Å². The van der Waals surface area contributed by atoms with Gasteiger partial charge in [-0.2, -0.15) is 0 Å². The zero-order chi connectivity index (χ0) is 14.7. The smallest absolute Gasteiger partial charge is 0.0836 e. The van der Waals surface area contributed by atoms with Crippen LogP contribution in [0.4, 0.5) is 0 Å². The zero-order valence-electron chi connectivity index (χ0n) is 12.2. The zero-order valence-corrected chi connectivity index (χ0v) is 13.9. The van der Waals surface area contributed by atoms with Crippen molar-refractivity contribution in [3.63, 3.8) is 0 Å². The van der Waals surface area contributed by atoms with Crippen molar-refractivity contribution in [3.05, 3.63) is 60.0 Å². The van der Waals surface area contributed by atoms with Gasteiger partial charge < -0.3 is 4.40 Å². The fourth-order valence-electron chi connectivity index (χ4n) is 2.69. The number of aromatic nitrogens is 2. The van der Waals surface area contributed by atoms with E-state index in [1.165, 1.54) is 26.6 Å². The molecule has 0 aliphatic heterocycles. The number of rotatable bonds is 5. The maximum Gasteiger partial charge on any atom is 0.0836 e. The summed E-state index contributed by atoms with van der Waals surface area (Å²) in [5.74, 6) is 0. The third-order valence-electron chi connectivity index (χ3n) is 3.65. The van der Waals surface area contributed by atoms with Gasteiger partial charge in [-0.3, -0.25) is 4.98 Å². The molecule has 2 aromatic heterocycles. The van der Waals surface area contributed by atoms with Gasteiger partial charge in [0.15, 0.2) is 0 Å². The van der Waals surface area contributed by atoms with Crippen molar-refractivity contribution in [2.45, 2.75) is 22.8 Å². The summed E-state index contributed by atoms with van der Waals surface area (Å²) in [6, 6.07) is 10.7. The van der Waals surface area contributed by atoms with Crippen LogP contribution in [0.25, 0.3) is 5.52 Å². The highest BCUT2D eigenvalue weighted by atomic mass is 32.2. The van der Waals surface area contributed by atoms with Crippen molar-refractivity contribution in [2.75, 3.05) is 12.5 Å². The SMILES string of the molecule is CSc1c(CCc2ccccc2)c(SC)n2ccncc12. The molecule has 108 valence electrons. The van der Waals surface area contributed by atoms with Gasteiger partial charge >= 0.3 is 0 Å². The van der Waals surface area contributed by atoms with Crippen LogP contribution in [0.15, 0.2) is 58.8 Å². The number of aryl methyl sites for hydroxylation is 1. The predicted octanol–water partition coefficient (Wildman–Crippen LogP) is 4.56. The van der Waals surface area contributed by atoms with Crippen molar-refractivity contribution in [1.82, 2.24) is 9.38 Å². The summed E-state index contributed by atoms with van der Waals surface area (Å²) >= 11 is 3.64. The van der Waals surface area contributed by atoms with Gasteiger partial charge in [-0.05, 0) is 36.5 Å². The van der Waals surface area contributed by atoms with Gasteiger partial charge in [0, 0.05) is 17.3 Å². The van der Waals surface area contributed by atoms with E-state index in [1.807, 2.05) is 35.9 Å². The quantitative estimate of drug-likeness (QED) is 0.643. The number of benzene rings is 1. The topological polar surface area (TPSA) is 17.3 Å². The van der Waals surface area contributed by atoms with Crippen LogP contribution in [0, 0.1) is 0 Å². The lowest BCUT2D eigenvalue weighted by molar-refractivity contribution is 0.893. The monoisotopic (exact) mass is 314 g/mol. The van der Waals surface area contributed by atoms with Crippen molar-refractivity contribution in [3.8, 4) is 0 Å². The molecule has 0 unspecified atom stereocenters. The van der Waals surface area contributed by atoms with Crippen molar-refractivity contribution < 1.29 is 0 Å². The van der Waals surface area contributed by atoms with Gasteiger partial charge in [0.25, 0.3) is 0 Å².